The molecule has 8 fully saturated rings. The predicted molar refractivity (Wildman–Crippen MR) is 233 cm³/mol. The average molecular weight is 963 g/mol. The first-order chi connectivity index (χ1) is 31.1. The van der Waals surface area contributed by atoms with Gasteiger partial charge >= 0.3 is 0 Å². The number of hydrogen-bond acceptors (Lipinski definition) is 19. The molecule has 12 N–H and O–H groups in total. The summed E-state index contributed by atoms with van der Waals surface area (Å²) in [5.41, 5.74) is -3.18. The van der Waals surface area contributed by atoms with Crippen LogP contribution in [0.1, 0.15) is 114 Å². The third-order valence-electron chi connectivity index (χ3n) is 19.5. The van der Waals surface area contributed by atoms with Gasteiger partial charge in [-0.2, -0.15) is 0 Å². The maximum absolute atomic E-state index is 12.5. The van der Waals surface area contributed by atoms with Crippen molar-refractivity contribution in [3.05, 3.63) is 0 Å². The van der Waals surface area contributed by atoms with E-state index in [1.165, 1.54) is 6.92 Å². The van der Waals surface area contributed by atoms with Gasteiger partial charge in [0.2, 0.25) is 0 Å². The first kappa shape index (κ1) is 52.6. The third-order valence-corrected chi connectivity index (χ3v) is 19.5. The molecule has 4 aliphatic heterocycles. The molecule has 0 spiro atoms. The van der Waals surface area contributed by atoms with Gasteiger partial charge in [0.05, 0.1) is 48.8 Å². The van der Waals surface area contributed by atoms with Gasteiger partial charge in [0.1, 0.15) is 73.2 Å². The van der Waals surface area contributed by atoms with E-state index in [-0.39, 0.29) is 39.9 Å². The first-order valence-corrected chi connectivity index (χ1v) is 24.8. The molecule has 4 heterocycles. The highest BCUT2D eigenvalue weighted by Gasteiger charge is 2.73. The average Bonchev–Trinajstić information content (AvgIpc) is 3.80. The Kier molecular flexibility index (Phi) is 14.4. The first-order valence-electron chi connectivity index (χ1n) is 24.8. The summed E-state index contributed by atoms with van der Waals surface area (Å²) in [5.74, 6) is 0.105. The number of hydrogen-bond donors (Lipinski definition) is 12. The summed E-state index contributed by atoms with van der Waals surface area (Å²) in [6.45, 7) is 16.7. The molecule has 0 amide bonds. The minimum atomic E-state index is -1.88. The highest BCUT2D eigenvalue weighted by Crippen LogP contribution is 2.76. The largest absolute Gasteiger partial charge is 0.394 e. The zero-order chi connectivity index (χ0) is 49.3. The molecule has 27 atom stereocenters. The van der Waals surface area contributed by atoms with Crippen LogP contribution in [0, 0.1) is 45.3 Å². The van der Waals surface area contributed by atoms with E-state index in [1.54, 1.807) is 13.8 Å². The van der Waals surface area contributed by atoms with Gasteiger partial charge in [0, 0.05) is 6.42 Å². The highest BCUT2D eigenvalue weighted by atomic mass is 16.8. The van der Waals surface area contributed by atoms with Crippen molar-refractivity contribution in [3.8, 4) is 0 Å². The maximum atomic E-state index is 12.5. The van der Waals surface area contributed by atoms with Crippen LogP contribution < -0.4 is 0 Å². The SMILES string of the molecule is CC1OC(OC2C(OC3CCC4(C)C(CCC5(C)C4CC(O)C4C(C6(C)CC(O)C(C(C)(C)O)O6)CCC45C)C3(C)C)OC(CO)C(O)C2OC2OC(CO)C(O)C(O)C2O)C(O)C(O)C1O. The van der Waals surface area contributed by atoms with Crippen molar-refractivity contribution in [1.82, 2.24) is 0 Å². The number of ether oxygens (including phenoxy) is 7. The lowest BCUT2D eigenvalue weighted by molar-refractivity contribution is -0.398. The Bertz CT molecular complexity index is 1730. The molecule has 0 radical (unpaired) electrons. The van der Waals surface area contributed by atoms with E-state index in [4.69, 9.17) is 33.2 Å². The normalized spacial score (nSPS) is 56.8. The van der Waals surface area contributed by atoms with Gasteiger partial charge < -0.3 is 94.4 Å². The van der Waals surface area contributed by atoms with Crippen molar-refractivity contribution in [3.63, 3.8) is 0 Å². The Balaban J connectivity index is 1.06. The molecule has 0 aromatic carbocycles. The quantitative estimate of drug-likeness (QED) is 0.119. The highest BCUT2D eigenvalue weighted by molar-refractivity contribution is 5.21. The molecule has 19 nitrogen and oxygen atoms in total. The summed E-state index contributed by atoms with van der Waals surface area (Å²) in [6, 6.07) is 0. The monoisotopic (exact) mass is 963 g/mol. The van der Waals surface area contributed by atoms with Crippen LogP contribution in [0.15, 0.2) is 0 Å². The van der Waals surface area contributed by atoms with Gasteiger partial charge in [0.15, 0.2) is 18.9 Å². The van der Waals surface area contributed by atoms with Gasteiger partial charge in [-0.25, -0.2) is 0 Å². The van der Waals surface area contributed by atoms with Crippen molar-refractivity contribution in [2.24, 2.45) is 45.3 Å². The van der Waals surface area contributed by atoms with E-state index in [0.717, 1.165) is 25.7 Å². The molecule has 19 heteroatoms. The summed E-state index contributed by atoms with van der Waals surface area (Å²) in [7, 11) is 0. The van der Waals surface area contributed by atoms with Gasteiger partial charge in [-0.1, -0.05) is 34.6 Å². The third kappa shape index (κ3) is 8.40. The fraction of sp³-hybridized carbons (Fsp3) is 1.00. The van der Waals surface area contributed by atoms with Crippen LogP contribution in [0.3, 0.4) is 0 Å². The van der Waals surface area contributed by atoms with Crippen LogP contribution in [-0.2, 0) is 33.2 Å². The molecule has 8 rings (SSSR count). The molecular formula is C48H82O19. The summed E-state index contributed by atoms with van der Waals surface area (Å²) in [6.07, 6.45) is -21.0. The number of fused-ring (bicyclic) bond motifs is 5. The van der Waals surface area contributed by atoms with Crippen molar-refractivity contribution >= 4 is 0 Å². The number of aliphatic hydroxyl groups excluding tert-OH is 11. The van der Waals surface area contributed by atoms with Crippen molar-refractivity contribution < 1.29 is 94.4 Å². The maximum Gasteiger partial charge on any atom is 0.187 e. The molecule has 388 valence electrons. The van der Waals surface area contributed by atoms with Crippen molar-refractivity contribution in [2.45, 2.75) is 241 Å². The molecule has 0 bridgehead atoms. The van der Waals surface area contributed by atoms with Crippen LogP contribution in [0.5, 0.6) is 0 Å². The fourth-order valence-corrected chi connectivity index (χ4v) is 15.7. The van der Waals surface area contributed by atoms with Crippen LogP contribution >= 0.6 is 0 Å². The van der Waals surface area contributed by atoms with Gasteiger partial charge in [0.25, 0.3) is 0 Å². The lowest BCUT2D eigenvalue weighted by atomic mass is 9.35. The van der Waals surface area contributed by atoms with E-state index < -0.39 is 146 Å². The van der Waals surface area contributed by atoms with E-state index in [2.05, 4.69) is 34.6 Å². The summed E-state index contributed by atoms with van der Waals surface area (Å²) in [5, 5.41) is 131. The Labute approximate surface area is 393 Å². The second-order valence-electron chi connectivity index (χ2n) is 24.0. The molecule has 4 saturated carbocycles. The summed E-state index contributed by atoms with van der Waals surface area (Å²) in [4.78, 5) is 0. The fourth-order valence-electron chi connectivity index (χ4n) is 15.7. The molecule has 27 unspecified atom stereocenters. The Morgan fingerprint density at radius 1 is 0.582 bits per heavy atom. The van der Waals surface area contributed by atoms with E-state index in [0.29, 0.717) is 25.7 Å². The minimum Gasteiger partial charge on any atom is -0.394 e. The topological polar surface area (TPSA) is 307 Å². The zero-order valence-corrected chi connectivity index (χ0v) is 40.6. The Hall–Kier alpha value is -0.760. The van der Waals surface area contributed by atoms with Gasteiger partial charge in [-0.05, 0) is 118 Å². The van der Waals surface area contributed by atoms with Crippen LogP contribution in [-0.4, -0.2) is 202 Å². The van der Waals surface area contributed by atoms with Crippen molar-refractivity contribution in [1.29, 1.82) is 0 Å². The van der Waals surface area contributed by atoms with Gasteiger partial charge in [-0.3, -0.25) is 0 Å². The summed E-state index contributed by atoms with van der Waals surface area (Å²) >= 11 is 0. The molecule has 0 aromatic heterocycles. The molecule has 0 aromatic rings. The molecule has 4 aliphatic carbocycles. The predicted octanol–water partition coefficient (Wildman–Crippen LogP) is -0.817. The second-order valence-corrected chi connectivity index (χ2v) is 24.0. The molecule has 4 saturated heterocycles. The van der Waals surface area contributed by atoms with Gasteiger partial charge in [-0.15, -0.1) is 0 Å². The number of aliphatic hydroxyl groups is 12. The lowest BCUT2D eigenvalue weighted by Crippen LogP contribution is -2.68. The second kappa shape index (κ2) is 18.3. The van der Waals surface area contributed by atoms with E-state index in [1.807, 2.05) is 6.92 Å². The van der Waals surface area contributed by atoms with Crippen molar-refractivity contribution in [2.75, 3.05) is 13.2 Å². The van der Waals surface area contributed by atoms with Crippen LogP contribution in [0.2, 0.25) is 0 Å². The molecular weight excluding hydrogens is 881 g/mol. The lowest BCUT2D eigenvalue weighted by Gasteiger charge is -2.71. The Morgan fingerprint density at radius 2 is 1.15 bits per heavy atom. The smallest absolute Gasteiger partial charge is 0.187 e. The molecule has 67 heavy (non-hydrogen) atoms. The van der Waals surface area contributed by atoms with Crippen LogP contribution in [0.4, 0.5) is 0 Å². The van der Waals surface area contributed by atoms with Crippen LogP contribution in [0.25, 0.3) is 0 Å². The molecule has 8 aliphatic rings. The zero-order valence-electron chi connectivity index (χ0n) is 40.6. The standard InChI is InChI=1S/C48H82O19/c1-20-30(53)33(56)35(58)40(61-20)66-38-37(65-41-36(59)34(57)31(54)24(18-49)62-41)32(55)25(19-50)63-42(38)64-28-12-13-45(6)26(43(28,2)3)11-15-46(7)27(45)16-22(51)29-21(10-14-47(29,46)8)48(9)17-23(52)39(67-48)44(4,5)60/h20-42,49-60H,10-19H2,1-9H3. The summed E-state index contributed by atoms with van der Waals surface area (Å²) < 4.78 is 43.9. The van der Waals surface area contributed by atoms with E-state index in [9.17, 15) is 61.3 Å². The Morgan fingerprint density at radius 3 is 1.76 bits per heavy atom. The van der Waals surface area contributed by atoms with E-state index >= 15 is 0 Å². The minimum absolute atomic E-state index is 0.0181. The number of rotatable bonds is 10.